The zero-order valence-electron chi connectivity index (χ0n) is 10.8. The minimum absolute atomic E-state index is 0.153. The molecule has 2 atom stereocenters. The molecule has 18 heavy (non-hydrogen) atoms. The Hall–Kier alpha value is -1.88. The van der Waals surface area contributed by atoms with E-state index in [4.69, 9.17) is 9.15 Å². The highest BCUT2D eigenvalue weighted by Crippen LogP contribution is 2.19. The van der Waals surface area contributed by atoms with Crippen LogP contribution in [-0.4, -0.2) is 29.5 Å². The van der Waals surface area contributed by atoms with E-state index in [2.05, 4.69) is 22.4 Å². The molecule has 1 aromatic heterocycles. The molecule has 5 nitrogen and oxygen atoms in total. The molecule has 5 heteroatoms. The minimum Gasteiger partial charge on any atom is -0.423 e. The van der Waals surface area contributed by atoms with E-state index in [0.29, 0.717) is 5.89 Å². The number of anilines is 1. The lowest BCUT2D eigenvalue weighted by Crippen LogP contribution is -2.29. The summed E-state index contributed by atoms with van der Waals surface area (Å²) in [5.41, 5.74) is 1.94. The Morgan fingerprint density at radius 3 is 2.50 bits per heavy atom. The van der Waals surface area contributed by atoms with Gasteiger partial charge in [0.2, 0.25) is 12.3 Å². The summed E-state index contributed by atoms with van der Waals surface area (Å²) in [5, 5.41) is 10.9. The number of benzene rings is 1. The fourth-order valence-corrected chi connectivity index (χ4v) is 1.59. The van der Waals surface area contributed by atoms with Gasteiger partial charge >= 0.3 is 0 Å². The molecular weight excluding hydrogens is 230 g/mol. The van der Waals surface area contributed by atoms with Crippen LogP contribution in [0.3, 0.4) is 0 Å². The second-order valence-corrected chi connectivity index (χ2v) is 4.20. The van der Waals surface area contributed by atoms with Gasteiger partial charge in [-0.15, -0.1) is 10.2 Å². The summed E-state index contributed by atoms with van der Waals surface area (Å²) in [5.74, 6) is 0.528. The Morgan fingerprint density at radius 1 is 1.22 bits per heavy atom. The van der Waals surface area contributed by atoms with Crippen molar-refractivity contribution in [1.29, 1.82) is 0 Å². The van der Waals surface area contributed by atoms with Crippen molar-refractivity contribution >= 4 is 5.69 Å². The third kappa shape index (κ3) is 2.87. The van der Waals surface area contributed by atoms with Crippen LogP contribution < -0.4 is 5.32 Å². The van der Waals surface area contributed by atoms with E-state index in [0.717, 1.165) is 11.3 Å². The standard InChI is InChI=1S/C13H17N3O2/c1-9(10(2)17-3)15-12-6-4-11(5-7-12)13-16-14-8-18-13/h4-10,15H,1-3H3. The normalized spacial score (nSPS) is 14.2. The van der Waals surface area contributed by atoms with Crippen LogP contribution >= 0.6 is 0 Å². The molecule has 0 fully saturated rings. The van der Waals surface area contributed by atoms with Gasteiger partial charge in [0.05, 0.1) is 6.10 Å². The molecule has 0 aliphatic rings. The lowest BCUT2D eigenvalue weighted by Gasteiger charge is -2.21. The topological polar surface area (TPSA) is 60.2 Å². The predicted octanol–water partition coefficient (Wildman–Crippen LogP) is 2.57. The molecular formula is C13H17N3O2. The molecule has 0 aliphatic heterocycles. The smallest absolute Gasteiger partial charge is 0.247 e. The van der Waals surface area contributed by atoms with Crippen molar-refractivity contribution in [2.75, 3.05) is 12.4 Å². The maximum absolute atomic E-state index is 5.27. The number of nitrogens with zero attached hydrogens (tertiary/aromatic N) is 2. The van der Waals surface area contributed by atoms with Gasteiger partial charge in [-0.25, -0.2) is 0 Å². The number of ether oxygens (including phenoxy) is 1. The van der Waals surface area contributed by atoms with E-state index >= 15 is 0 Å². The fraction of sp³-hybridized carbons (Fsp3) is 0.385. The number of hydrogen-bond acceptors (Lipinski definition) is 5. The quantitative estimate of drug-likeness (QED) is 0.879. The average molecular weight is 247 g/mol. The third-order valence-electron chi connectivity index (χ3n) is 2.96. The Balaban J connectivity index is 2.04. The summed E-state index contributed by atoms with van der Waals surface area (Å²) in [6, 6.07) is 8.10. The first-order chi connectivity index (χ1) is 8.70. The Labute approximate surface area is 106 Å². The van der Waals surface area contributed by atoms with Crippen molar-refractivity contribution in [2.24, 2.45) is 0 Å². The average Bonchev–Trinajstić information content (AvgIpc) is 2.92. The van der Waals surface area contributed by atoms with Crippen LogP contribution in [0.2, 0.25) is 0 Å². The van der Waals surface area contributed by atoms with Gasteiger partial charge in [-0.3, -0.25) is 0 Å². The van der Waals surface area contributed by atoms with Gasteiger partial charge in [-0.2, -0.15) is 0 Å². The van der Waals surface area contributed by atoms with Crippen LogP contribution in [0.25, 0.3) is 11.5 Å². The molecule has 0 saturated carbocycles. The van der Waals surface area contributed by atoms with Gasteiger partial charge in [0.25, 0.3) is 0 Å². The number of hydrogen-bond donors (Lipinski definition) is 1. The zero-order chi connectivity index (χ0) is 13.0. The molecule has 0 radical (unpaired) electrons. The van der Waals surface area contributed by atoms with Crippen molar-refractivity contribution < 1.29 is 9.15 Å². The van der Waals surface area contributed by atoms with E-state index in [9.17, 15) is 0 Å². The molecule has 0 amide bonds. The van der Waals surface area contributed by atoms with Gasteiger partial charge in [0.1, 0.15) is 0 Å². The maximum Gasteiger partial charge on any atom is 0.247 e. The van der Waals surface area contributed by atoms with E-state index < -0.39 is 0 Å². The molecule has 2 aromatic rings. The molecule has 1 N–H and O–H groups in total. The van der Waals surface area contributed by atoms with Crippen molar-refractivity contribution in [2.45, 2.75) is 26.0 Å². The highest BCUT2D eigenvalue weighted by Gasteiger charge is 2.10. The van der Waals surface area contributed by atoms with Gasteiger partial charge < -0.3 is 14.5 Å². The summed E-state index contributed by atoms with van der Waals surface area (Å²) in [6.07, 6.45) is 1.48. The van der Waals surface area contributed by atoms with Crippen LogP contribution in [0.1, 0.15) is 13.8 Å². The van der Waals surface area contributed by atoms with Crippen LogP contribution in [0, 0.1) is 0 Å². The van der Waals surface area contributed by atoms with Crippen LogP contribution in [-0.2, 0) is 4.74 Å². The zero-order valence-corrected chi connectivity index (χ0v) is 10.8. The molecule has 1 heterocycles. The predicted molar refractivity (Wildman–Crippen MR) is 69.3 cm³/mol. The number of aromatic nitrogens is 2. The van der Waals surface area contributed by atoms with Gasteiger partial charge in [-0.05, 0) is 38.1 Å². The first kappa shape index (κ1) is 12.6. The molecule has 96 valence electrons. The Morgan fingerprint density at radius 2 is 1.94 bits per heavy atom. The van der Waals surface area contributed by atoms with Crippen LogP contribution in [0.4, 0.5) is 5.69 Å². The summed E-state index contributed by atoms with van der Waals surface area (Å²) in [4.78, 5) is 0. The summed E-state index contributed by atoms with van der Waals surface area (Å²) in [6.45, 7) is 4.12. The number of nitrogens with one attached hydrogen (secondary N) is 1. The second-order valence-electron chi connectivity index (χ2n) is 4.20. The lowest BCUT2D eigenvalue weighted by atomic mass is 10.1. The van der Waals surface area contributed by atoms with E-state index in [1.807, 2.05) is 31.2 Å². The second kappa shape index (κ2) is 5.64. The van der Waals surface area contributed by atoms with Crippen molar-refractivity contribution in [3.63, 3.8) is 0 Å². The number of methoxy groups -OCH3 is 1. The van der Waals surface area contributed by atoms with Crippen molar-refractivity contribution in [3.8, 4) is 11.5 Å². The highest BCUT2D eigenvalue weighted by molar-refractivity contribution is 5.58. The summed E-state index contributed by atoms with van der Waals surface area (Å²) in [7, 11) is 1.71. The van der Waals surface area contributed by atoms with E-state index in [1.165, 1.54) is 6.39 Å². The maximum atomic E-state index is 5.27. The third-order valence-corrected chi connectivity index (χ3v) is 2.96. The van der Waals surface area contributed by atoms with E-state index in [-0.39, 0.29) is 12.1 Å². The Kier molecular flexibility index (Phi) is 3.94. The molecule has 2 unspecified atom stereocenters. The highest BCUT2D eigenvalue weighted by atomic mass is 16.5. The van der Waals surface area contributed by atoms with Gasteiger partial charge in [-0.1, -0.05) is 0 Å². The van der Waals surface area contributed by atoms with Crippen molar-refractivity contribution in [1.82, 2.24) is 10.2 Å². The number of rotatable bonds is 5. The van der Waals surface area contributed by atoms with Crippen LogP contribution in [0.5, 0.6) is 0 Å². The molecule has 2 rings (SSSR count). The van der Waals surface area contributed by atoms with Crippen molar-refractivity contribution in [3.05, 3.63) is 30.7 Å². The van der Waals surface area contributed by atoms with Gasteiger partial charge in [0, 0.05) is 24.4 Å². The molecule has 1 aromatic carbocycles. The first-order valence-corrected chi connectivity index (χ1v) is 5.86. The summed E-state index contributed by atoms with van der Waals surface area (Å²) >= 11 is 0. The monoisotopic (exact) mass is 247 g/mol. The molecule has 0 saturated heterocycles. The van der Waals surface area contributed by atoms with E-state index in [1.54, 1.807) is 7.11 Å². The lowest BCUT2D eigenvalue weighted by molar-refractivity contribution is 0.106. The largest absolute Gasteiger partial charge is 0.423 e. The minimum atomic E-state index is 0.153. The molecule has 0 aliphatic carbocycles. The fourth-order valence-electron chi connectivity index (χ4n) is 1.59. The van der Waals surface area contributed by atoms with Gasteiger partial charge in [0.15, 0.2) is 0 Å². The van der Waals surface area contributed by atoms with Crippen LogP contribution in [0.15, 0.2) is 35.1 Å². The SMILES string of the molecule is COC(C)C(C)Nc1ccc(-c2nnco2)cc1. The molecule has 0 spiro atoms. The Bertz CT molecular complexity index is 467. The molecule has 0 bridgehead atoms. The first-order valence-electron chi connectivity index (χ1n) is 5.86. The summed E-state index contributed by atoms with van der Waals surface area (Å²) < 4.78 is 10.4.